The molecule has 0 radical (unpaired) electrons. The van der Waals surface area contributed by atoms with E-state index in [4.69, 9.17) is 5.73 Å². The highest BCUT2D eigenvalue weighted by Crippen LogP contribution is 2.20. The summed E-state index contributed by atoms with van der Waals surface area (Å²) < 4.78 is 0. The van der Waals surface area contributed by atoms with Crippen molar-refractivity contribution in [3.8, 4) is 0 Å². The molecule has 0 aromatic heterocycles. The molecule has 0 aliphatic carbocycles. The van der Waals surface area contributed by atoms with Crippen LogP contribution in [-0.4, -0.2) is 14.0 Å². The van der Waals surface area contributed by atoms with Gasteiger partial charge in [-0.2, -0.15) is 0 Å². The largest absolute Gasteiger partial charge is 0.366 e. The van der Waals surface area contributed by atoms with Crippen LogP contribution in [0.2, 0.25) is 19.6 Å². The number of hydrogen-bond acceptors (Lipinski definition) is 1. The van der Waals surface area contributed by atoms with Gasteiger partial charge in [0.15, 0.2) is 0 Å². The number of rotatable bonds is 4. The number of amides is 1. The summed E-state index contributed by atoms with van der Waals surface area (Å²) in [5.74, 6) is -0.284. The fourth-order valence-electron chi connectivity index (χ4n) is 2.90. The lowest BCUT2D eigenvalue weighted by Crippen LogP contribution is -2.45. The Balaban J connectivity index is 3.72. The fraction of sp³-hybridized carbons (Fsp3) is 0.533. The van der Waals surface area contributed by atoms with E-state index in [9.17, 15) is 4.79 Å². The first-order valence-electron chi connectivity index (χ1n) is 6.69. The Morgan fingerprint density at radius 3 is 2.11 bits per heavy atom. The first-order chi connectivity index (χ1) is 8.23. The van der Waals surface area contributed by atoms with E-state index in [0.717, 1.165) is 18.4 Å². The summed E-state index contributed by atoms with van der Waals surface area (Å²) in [6.07, 6.45) is 1.97. The summed E-state index contributed by atoms with van der Waals surface area (Å²) in [7, 11) is -1.57. The smallest absolute Gasteiger partial charge is 0.248 e. The maximum Gasteiger partial charge on any atom is 0.248 e. The van der Waals surface area contributed by atoms with E-state index in [1.165, 1.54) is 21.9 Å². The minimum atomic E-state index is -1.57. The predicted molar refractivity (Wildman–Crippen MR) is 81.4 cm³/mol. The molecular weight excluding hydrogens is 238 g/mol. The number of benzene rings is 1. The summed E-state index contributed by atoms with van der Waals surface area (Å²) in [4.78, 5) is 11.7. The molecule has 1 aromatic carbocycles. The predicted octanol–water partition coefficient (Wildman–Crippen LogP) is 2.76. The van der Waals surface area contributed by atoms with Gasteiger partial charge in [-0.1, -0.05) is 33.5 Å². The van der Waals surface area contributed by atoms with Crippen LogP contribution in [0.15, 0.2) is 6.07 Å². The number of nitrogens with two attached hydrogens (primary N) is 1. The van der Waals surface area contributed by atoms with Crippen molar-refractivity contribution in [3.63, 3.8) is 0 Å². The molecule has 18 heavy (non-hydrogen) atoms. The number of carbonyl (C=O) groups excluding carboxylic acids is 1. The van der Waals surface area contributed by atoms with Crippen LogP contribution in [0.4, 0.5) is 0 Å². The van der Waals surface area contributed by atoms with Crippen LogP contribution in [0.25, 0.3) is 0 Å². The summed E-state index contributed by atoms with van der Waals surface area (Å²) >= 11 is 0. The summed E-state index contributed by atoms with van der Waals surface area (Å²) in [5.41, 5.74) is 10.3. The third kappa shape index (κ3) is 2.66. The Labute approximate surface area is 112 Å². The second-order valence-corrected chi connectivity index (χ2v) is 10.9. The molecule has 0 saturated heterocycles. The van der Waals surface area contributed by atoms with Crippen LogP contribution in [-0.2, 0) is 12.8 Å². The average molecular weight is 263 g/mol. The number of aryl methyl sites for hydroxylation is 1. The molecule has 0 spiro atoms. The molecule has 0 aliphatic heterocycles. The van der Waals surface area contributed by atoms with Crippen LogP contribution in [0.5, 0.6) is 0 Å². The fourth-order valence-corrected chi connectivity index (χ4v) is 5.18. The highest BCUT2D eigenvalue weighted by atomic mass is 28.3. The van der Waals surface area contributed by atoms with Gasteiger partial charge in [0.25, 0.3) is 0 Å². The average Bonchev–Trinajstić information content (AvgIpc) is 2.25. The van der Waals surface area contributed by atoms with E-state index >= 15 is 0 Å². The first-order valence-corrected chi connectivity index (χ1v) is 10.2. The van der Waals surface area contributed by atoms with Gasteiger partial charge < -0.3 is 5.73 Å². The zero-order chi connectivity index (χ0) is 14.1. The van der Waals surface area contributed by atoms with Gasteiger partial charge in [-0.3, -0.25) is 4.79 Å². The van der Waals surface area contributed by atoms with Gasteiger partial charge in [0.1, 0.15) is 0 Å². The van der Waals surface area contributed by atoms with Gasteiger partial charge in [-0.15, -0.1) is 0 Å². The lowest BCUT2D eigenvalue weighted by Gasteiger charge is -2.26. The quantitative estimate of drug-likeness (QED) is 0.834. The molecule has 1 rings (SSSR count). The molecule has 3 heteroatoms. The number of carbonyl (C=O) groups is 1. The Bertz CT molecular complexity index is 472. The molecule has 0 bridgehead atoms. The van der Waals surface area contributed by atoms with Crippen molar-refractivity contribution in [2.75, 3.05) is 0 Å². The standard InChI is InChI=1S/C15H25NOSi/c1-7-11-9-13(15(16)17)14(18(4,5)6)10(3)12(11)8-2/h9H,7-8H2,1-6H3,(H2,16,17). The van der Waals surface area contributed by atoms with E-state index in [2.05, 4.69) is 40.4 Å². The molecule has 0 fully saturated rings. The van der Waals surface area contributed by atoms with Crippen molar-refractivity contribution < 1.29 is 4.79 Å². The van der Waals surface area contributed by atoms with E-state index in [1.54, 1.807) is 0 Å². The molecule has 0 atom stereocenters. The SMILES string of the molecule is CCc1cc(C(N)=O)c([Si](C)(C)C)c(C)c1CC. The molecule has 0 unspecified atom stereocenters. The van der Waals surface area contributed by atoms with Crippen molar-refractivity contribution in [1.82, 2.24) is 0 Å². The van der Waals surface area contributed by atoms with Crippen molar-refractivity contribution in [2.24, 2.45) is 5.73 Å². The van der Waals surface area contributed by atoms with Gasteiger partial charge in [0, 0.05) is 5.56 Å². The van der Waals surface area contributed by atoms with Crippen LogP contribution in [0.3, 0.4) is 0 Å². The van der Waals surface area contributed by atoms with Crippen molar-refractivity contribution in [2.45, 2.75) is 53.3 Å². The summed E-state index contributed by atoms with van der Waals surface area (Å²) in [6, 6.07) is 2.03. The van der Waals surface area contributed by atoms with Crippen molar-refractivity contribution in [1.29, 1.82) is 0 Å². The second-order valence-electron chi connectivity index (χ2n) is 5.88. The minimum absolute atomic E-state index is 0.284. The topological polar surface area (TPSA) is 43.1 Å². The molecule has 1 amide bonds. The second kappa shape index (κ2) is 5.27. The first kappa shape index (κ1) is 15.0. The molecule has 0 heterocycles. The van der Waals surface area contributed by atoms with Crippen LogP contribution < -0.4 is 10.9 Å². The molecule has 0 saturated carbocycles. The molecule has 2 N–H and O–H groups in total. The molecule has 1 aromatic rings. The summed E-state index contributed by atoms with van der Waals surface area (Å²) in [5, 5.41) is 1.24. The highest BCUT2D eigenvalue weighted by Gasteiger charge is 2.26. The zero-order valence-corrected chi connectivity index (χ0v) is 13.5. The lowest BCUT2D eigenvalue weighted by atomic mass is 9.94. The maximum atomic E-state index is 11.7. The van der Waals surface area contributed by atoms with Crippen molar-refractivity contribution >= 4 is 19.2 Å². The van der Waals surface area contributed by atoms with Crippen LogP contribution >= 0.6 is 0 Å². The number of hydrogen-bond donors (Lipinski definition) is 1. The zero-order valence-electron chi connectivity index (χ0n) is 12.5. The minimum Gasteiger partial charge on any atom is -0.366 e. The Morgan fingerprint density at radius 2 is 1.78 bits per heavy atom. The van der Waals surface area contributed by atoms with E-state index in [0.29, 0.717) is 0 Å². The Kier molecular flexibility index (Phi) is 4.38. The third-order valence-electron chi connectivity index (χ3n) is 3.55. The van der Waals surface area contributed by atoms with Gasteiger partial charge in [0.2, 0.25) is 5.91 Å². The monoisotopic (exact) mass is 263 g/mol. The number of primary amides is 1. The van der Waals surface area contributed by atoms with Gasteiger partial charge in [-0.05, 0) is 47.7 Å². The Morgan fingerprint density at radius 1 is 1.22 bits per heavy atom. The maximum absolute atomic E-state index is 11.7. The van der Waals surface area contributed by atoms with Gasteiger partial charge in [-0.25, -0.2) is 0 Å². The highest BCUT2D eigenvalue weighted by molar-refractivity contribution is 6.89. The van der Waals surface area contributed by atoms with Gasteiger partial charge in [0.05, 0.1) is 8.07 Å². The lowest BCUT2D eigenvalue weighted by molar-refractivity contribution is 0.100. The van der Waals surface area contributed by atoms with E-state index in [-0.39, 0.29) is 5.91 Å². The molecule has 2 nitrogen and oxygen atoms in total. The van der Waals surface area contributed by atoms with E-state index in [1.807, 2.05) is 6.07 Å². The third-order valence-corrected chi connectivity index (χ3v) is 5.70. The van der Waals surface area contributed by atoms with E-state index < -0.39 is 8.07 Å². The normalized spacial score (nSPS) is 11.7. The van der Waals surface area contributed by atoms with Crippen LogP contribution in [0.1, 0.15) is 40.9 Å². The van der Waals surface area contributed by atoms with Crippen molar-refractivity contribution in [3.05, 3.63) is 28.3 Å². The molecular formula is C15H25NOSi. The van der Waals surface area contributed by atoms with Gasteiger partial charge >= 0.3 is 0 Å². The summed E-state index contributed by atoms with van der Waals surface area (Å²) in [6.45, 7) is 13.3. The molecule has 100 valence electrons. The Hall–Kier alpha value is -1.09. The van der Waals surface area contributed by atoms with Crippen LogP contribution in [0, 0.1) is 6.92 Å². The molecule has 0 aliphatic rings.